The van der Waals surface area contributed by atoms with Crippen molar-refractivity contribution < 1.29 is 9.32 Å². The predicted octanol–water partition coefficient (Wildman–Crippen LogP) is 2.45. The summed E-state index contributed by atoms with van der Waals surface area (Å²) in [5.41, 5.74) is 2.47. The van der Waals surface area contributed by atoms with Gasteiger partial charge in [-0.2, -0.15) is 0 Å². The first-order chi connectivity index (χ1) is 10.2. The Morgan fingerprint density at radius 1 is 1.24 bits per heavy atom. The Hall–Kier alpha value is -2.76. The number of para-hydroxylation sites is 2. The SMILES string of the molecule is C[C@H](c1ccon1)N(C)C(=O)c1cnc2ccccc2n1. The van der Waals surface area contributed by atoms with E-state index in [1.165, 1.54) is 12.5 Å². The normalized spacial score (nSPS) is 12.3. The first-order valence-electron chi connectivity index (χ1n) is 6.56. The van der Waals surface area contributed by atoms with E-state index in [2.05, 4.69) is 15.1 Å². The molecular weight excluding hydrogens is 268 g/mol. The van der Waals surface area contributed by atoms with Gasteiger partial charge in [-0.15, -0.1) is 0 Å². The molecule has 0 aliphatic rings. The van der Waals surface area contributed by atoms with E-state index in [1.807, 2.05) is 31.2 Å². The van der Waals surface area contributed by atoms with E-state index in [0.717, 1.165) is 5.52 Å². The van der Waals surface area contributed by atoms with E-state index < -0.39 is 0 Å². The van der Waals surface area contributed by atoms with Gasteiger partial charge in [-0.3, -0.25) is 9.78 Å². The third kappa shape index (κ3) is 2.47. The summed E-state index contributed by atoms with van der Waals surface area (Å²) in [7, 11) is 1.71. The Kier molecular flexibility index (Phi) is 3.35. The first kappa shape index (κ1) is 13.2. The maximum atomic E-state index is 12.5. The highest BCUT2D eigenvalue weighted by Crippen LogP contribution is 2.19. The zero-order valence-electron chi connectivity index (χ0n) is 11.7. The molecule has 3 rings (SSSR count). The number of fused-ring (bicyclic) bond motifs is 1. The molecule has 1 atom stereocenters. The van der Waals surface area contributed by atoms with Gasteiger partial charge in [0, 0.05) is 13.1 Å². The fraction of sp³-hybridized carbons (Fsp3) is 0.200. The Labute approximate surface area is 121 Å². The largest absolute Gasteiger partial charge is 0.364 e. The van der Waals surface area contributed by atoms with Crippen LogP contribution < -0.4 is 0 Å². The molecule has 0 fully saturated rings. The second kappa shape index (κ2) is 5.32. The minimum Gasteiger partial charge on any atom is -0.364 e. The highest BCUT2D eigenvalue weighted by atomic mass is 16.5. The van der Waals surface area contributed by atoms with Gasteiger partial charge in [0.15, 0.2) is 0 Å². The molecule has 6 nitrogen and oxygen atoms in total. The van der Waals surface area contributed by atoms with Gasteiger partial charge in [-0.05, 0) is 19.1 Å². The topological polar surface area (TPSA) is 72.1 Å². The van der Waals surface area contributed by atoms with Gasteiger partial charge >= 0.3 is 0 Å². The highest BCUT2D eigenvalue weighted by Gasteiger charge is 2.22. The number of carbonyl (C=O) groups is 1. The lowest BCUT2D eigenvalue weighted by atomic mass is 10.2. The van der Waals surface area contributed by atoms with Crippen LogP contribution in [0, 0.1) is 0 Å². The van der Waals surface area contributed by atoms with Gasteiger partial charge in [-0.1, -0.05) is 17.3 Å². The average Bonchev–Trinajstić information content (AvgIpc) is 3.06. The van der Waals surface area contributed by atoms with Crippen molar-refractivity contribution in [1.29, 1.82) is 0 Å². The average molecular weight is 282 g/mol. The van der Waals surface area contributed by atoms with Crippen molar-refractivity contribution in [1.82, 2.24) is 20.0 Å². The van der Waals surface area contributed by atoms with Crippen LogP contribution in [0.25, 0.3) is 11.0 Å². The van der Waals surface area contributed by atoms with Crippen LogP contribution in [0.5, 0.6) is 0 Å². The van der Waals surface area contributed by atoms with Crippen molar-refractivity contribution in [3.05, 3.63) is 54.2 Å². The van der Waals surface area contributed by atoms with Crippen LogP contribution in [0.15, 0.2) is 47.3 Å². The molecular formula is C15H14N4O2. The third-order valence-corrected chi connectivity index (χ3v) is 3.45. The number of nitrogens with zero attached hydrogens (tertiary/aromatic N) is 4. The van der Waals surface area contributed by atoms with Crippen LogP contribution in [0.2, 0.25) is 0 Å². The van der Waals surface area contributed by atoms with E-state index in [4.69, 9.17) is 4.52 Å². The van der Waals surface area contributed by atoms with Crippen LogP contribution in [0.4, 0.5) is 0 Å². The maximum absolute atomic E-state index is 12.5. The number of hydrogen-bond donors (Lipinski definition) is 0. The zero-order chi connectivity index (χ0) is 14.8. The summed E-state index contributed by atoms with van der Waals surface area (Å²) in [6.45, 7) is 1.88. The van der Waals surface area contributed by atoms with E-state index in [1.54, 1.807) is 18.0 Å². The van der Waals surface area contributed by atoms with E-state index in [9.17, 15) is 4.79 Å². The van der Waals surface area contributed by atoms with E-state index in [-0.39, 0.29) is 11.9 Å². The molecule has 0 saturated heterocycles. The lowest BCUT2D eigenvalue weighted by molar-refractivity contribution is 0.0731. The lowest BCUT2D eigenvalue weighted by Gasteiger charge is -2.22. The fourth-order valence-electron chi connectivity index (χ4n) is 2.05. The molecule has 0 unspecified atom stereocenters. The second-order valence-electron chi connectivity index (χ2n) is 4.76. The van der Waals surface area contributed by atoms with Gasteiger partial charge in [0.2, 0.25) is 0 Å². The van der Waals surface area contributed by atoms with Gasteiger partial charge < -0.3 is 9.42 Å². The number of aromatic nitrogens is 3. The van der Waals surface area contributed by atoms with Gasteiger partial charge in [0.1, 0.15) is 17.7 Å². The van der Waals surface area contributed by atoms with Crippen molar-refractivity contribution >= 4 is 16.9 Å². The molecule has 2 aromatic heterocycles. The molecule has 0 spiro atoms. The van der Waals surface area contributed by atoms with Crippen LogP contribution in [0.1, 0.15) is 29.1 Å². The summed E-state index contributed by atoms with van der Waals surface area (Å²) in [6.07, 6.45) is 2.98. The molecule has 0 aliphatic heterocycles. The van der Waals surface area contributed by atoms with Crippen molar-refractivity contribution in [3.63, 3.8) is 0 Å². The van der Waals surface area contributed by atoms with Gasteiger partial charge in [0.05, 0.1) is 23.3 Å². The highest BCUT2D eigenvalue weighted by molar-refractivity contribution is 5.93. The van der Waals surface area contributed by atoms with E-state index >= 15 is 0 Å². The molecule has 0 saturated carbocycles. The molecule has 1 aromatic carbocycles. The van der Waals surface area contributed by atoms with Crippen LogP contribution in [-0.2, 0) is 0 Å². The summed E-state index contributed by atoms with van der Waals surface area (Å²) in [5.74, 6) is -0.205. The van der Waals surface area contributed by atoms with E-state index in [0.29, 0.717) is 16.9 Å². The maximum Gasteiger partial charge on any atom is 0.274 e. The number of amides is 1. The molecule has 21 heavy (non-hydrogen) atoms. The number of benzene rings is 1. The Morgan fingerprint density at radius 3 is 2.71 bits per heavy atom. The van der Waals surface area contributed by atoms with Crippen molar-refractivity contribution in [2.75, 3.05) is 7.05 Å². The zero-order valence-corrected chi connectivity index (χ0v) is 11.7. The monoisotopic (exact) mass is 282 g/mol. The Morgan fingerprint density at radius 2 is 2.00 bits per heavy atom. The summed E-state index contributed by atoms with van der Waals surface area (Å²) in [5, 5.41) is 3.86. The molecule has 3 aromatic rings. The number of hydrogen-bond acceptors (Lipinski definition) is 5. The minimum absolute atomic E-state index is 0.204. The summed E-state index contributed by atoms with van der Waals surface area (Å²) < 4.78 is 4.81. The molecule has 0 N–H and O–H groups in total. The Bertz CT molecular complexity index is 770. The third-order valence-electron chi connectivity index (χ3n) is 3.45. The van der Waals surface area contributed by atoms with Crippen LogP contribution >= 0.6 is 0 Å². The summed E-state index contributed by atoms with van der Waals surface area (Å²) >= 11 is 0. The van der Waals surface area contributed by atoms with Crippen LogP contribution in [-0.4, -0.2) is 33.0 Å². The molecule has 2 heterocycles. The van der Waals surface area contributed by atoms with Gasteiger partial charge in [0.25, 0.3) is 5.91 Å². The van der Waals surface area contributed by atoms with Crippen molar-refractivity contribution in [2.45, 2.75) is 13.0 Å². The molecule has 0 bridgehead atoms. The number of carbonyl (C=O) groups excluding carboxylic acids is 1. The van der Waals surface area contributed by atoms with Crippen molar-refractivity contribution in [2.24, 2.45) is 0 Å². The quantitative estimate of drug-likeness (QED) is 0.737. The molecule has 106 valence electrons. The fourth-order valence-corrected chi connectivity index (χ4v) is 2.05. The minimum atomic E-state index is -0.205. The van der Waals surface area contributed by atoms with Crippen LogP contribution in [0.3, 0.4) is 0 Å². The molecule has 0 aliphatic carbocycles. The van der Waals surface area contributed by atoms with Crippen molar-refractivity contribution in [3.8, 4) is 0 Å². The summed E-state index contributed by atoms with van der Waals surface area (Å²) in [6, 6.07) is 8.98. The smallest absolute Gasteiger partial charge is 0.274 e. The molecule has 1 amide bonds. The lowest BCUT2D eigenvalue weighted by Crippen LogP contribution is -2.30. The summed E-state index contributed by atoms with van der Waals surface area (Å²) in [4.78, 5) is 22.7. The standard InChI is InChI=1S/C15H14N4O2/c1-10(11-7-8-21-18-11)19(2)15(20)14-9-16-12-5-3-4-6-13(12)17-14/h3-10H,1-2H3/t10-/m1/s1. The molecule has 0 radical (unpaired) electrons. The number of rotatable bonds is 3. The molecule has 6 heteroatoms. The predicted molar refractivity (Wildman–Crippen MR) is 76.5 cm³/mol. The second-order valence-corrected chi connectivity index (χ2v) is 4.76. The first-order valence-corrected chi connectivity index (χ1v) is 6.56. The Balaban J connectivity index is 1.89. The van der Waals surface area contributed by atoms with Gasteiger partial charge in [-0.25, -0.2) is 4.98 Å².